The molecular formula is C15H12BrClO3. The molecule has 20 heavy (non-hydrogen) atoms. The van der Waals surface area contributed by atoms with Crippen LogP contribution in [0.2, 0.25) is 5.02 Å². The maximum absolute atomic E-state index is 11.7. The van der Waals surface area contributed by atoms with E-state index in [2.05, 4.69) is 15.9 Å². The summed E-state index contributed by atoms with van der Waals surface area (Å²) in [5, 5.41) is 0.364. The number of carbonyl (C=O) groups is 1. The first-order chi connectivity index (χ1) is 9.56. The van der Waals surface area contributed by atoms with Crippen LogP contribution in [-0.4, -0.2) is 12.6 Å². The summed E-state index contributed by atoms with van der Waals surface area (Å²) in [6.07, 6.45) is 0. The molecule has 2 aromatic carbocycles. The Balaban J connectivity index is 1.94. The van der Waals surface area contributed by atoms with Gasteiger partial charge in [0, 0.05) is 4.47 Å². The van der Waals surface area contributed by atoms with Gasteiger partial charge in [0.05, 0.1) is 5.02 Å². The van der Waals surface area contributed by atoms with Crippen molar-refractivity contribution in [3.05, 3.63) is 57.5 Å². The smallest absolute Gasteiger partial charge is 0.349 e. The van der Waals surface area contributed by atoms with E-state index in [1.807, 2.05) is 25.1 Å². The molecule has 0 aromatic heterocycles. The highest BCUT2D eigenvalue weighted by Crippen LogP contribution is 2.27. The minimum atomic E-state index is -0.502. The lowest BCUT2D eigenvalue weighted by Crippen LogP contribution is -2.18. The fourth-order valence-electron chi connectivity index (χ4n) is 1.57. The van der Waals surface area contributed by atoms with Crippen LogP contribution in [0.25, 0.3) is 0 Å². The first kappa shape index (κ1) is 14.9. The second-order valence-electron chi connectivity index (χ2n) is 4.10. The normalized spacial score (nSPS) is 10.2. The summed E-state index contributed by atoms with van der Waals surface area (Å²) in [4.78, 5) is 11.7. The zero-order chi connectivity index (χ0) is 14.5. The highest BCUT2D eigenvalue weighted by Gasteiger charge is 2.10. The molecule has 0 heterocycles. The minimum absolute atomic E-state index is 0.169. The van der Waals surface area contributed by atoms with E-state index in [0.29, 0.717) is 16.5 Å². The molecule has 3 nitrogen and oxygen atoms in total. The third-order valence-corrected chi connectivity index (χ3v) is 3.35. The van der Waals surface area contributed by atoms with Crippen LogP contribution in [0, 0.1) is 6.92 Å². The second kappa shape index (κ2) is 6.77. The van der Waals surface area contributed by atoms with Crippen LogP contribution in [0.1, 0.15) is 5.56 Å². The average molecular weight is 356 g/mol. The molecule has 0 bridgehead atoms. The van der Waals surface area contributed by atoms with Gasteiger partial charge in [0.1, 0.15) is 11.5 Å². The molecule has 0 amide bonds. The monoisotopic (exact) mass is 354 g/mol. The Morgan fingerprint density at radius 2 is 1.95 bits per heavy atom. The quantitative estimate of drug-likeness (QED) is 0.602. The lowest BCUT2D eigenvalue weighted by Gasteiger charge is -2.09. The van der Waals surface area contributed by atoms with Crippen LogP contribution in [0.15, 0.2) is 46.9 Å². The molecule has 5 heteroatoms. The molecule has 0 aliphatic rings. The van der Waals surface area contributed by atoms with E-state index in [9.17, 15) is 4.79 Å². The Hall–Kier alpha value is -1.52. The molecule has 0 atom stereocenters. The van der Waals surface area contributed by atoms with Gasteiger partial charge in [-0.25, -0.2) is 4.79 Å². The summed E-state index contributed by atoms with van der Waals surface area (Å²) in [7, 11) is 0. The third kappa shape index (κ3) is 3.99. The largest absolute Gasteiger partial charge is 0.482 e. The zero-order valence-corrected chi connectivity index (χ0v) is 13.1. The first-order valence-corrected chi connectivity index (χ1v) is 7.07. The molecule has 0 unspecified atom stereocenters. The summed E-state index contributed by atoms with van der Waals surface area (Å²) in [5.74, 6) is 0.470. The minimum Gasteiger partial charge on any atom is -0.482 e. The summed E-state index contributed by atoms with van der Waals surface area (Å²) < 4.78 is 11.4. The maximum atomic E-state index is 11.7. The standard InChI is InChI=1S/C15H12BrClO3/c1-10-4-2-3-5-13(10)19-9-15(18)20-14-7-6-11(16)8-12(14)17/h2-8H,9H2,1H3. The van der Waals surface area contributed by atoms with Crippen molar-refractivity contribution >= 4 is 33.5 Å². The van der Waals surface area contributed by atoms with Crippen molar-refractivity contribution in [2.24, 2.45) is 0 Å². The maximum Gasteiger partial charge on any atom is 0.349 e. The fraction of sp³-hybridized carbons (Fsp3) is 0.133. The van der Waals surface area contributed by atoms with E-state index >= 15 is 0 Å². The molecule has 0 fully saturated rings. The number of hydrogen-bond acceptors (Lipinski definition) is 3. The summed E-state index contributed by atoms with van der Waals surface area (Å²) >= 11 is 9.25. The van der Waals surface area contributed by atoms with Crippen LogP contribution in [-0.2, 0) is 4.79 Å². The van der Waals surface area contributed by atoms with E-state index in [0.717, 1.165) is 10.0 Å². The third-order valence-electron chi connectivity index (χ3n) is 2.56. The highest BCUT2D eigenvalue weighted by molar-refractivity contribution is 9.10. The van der Waals surface area contributed by atoms with Crippen molar-refractivity contribution in [1.82, 2.24) is 0 Å². The van der Waals surface area contributed by atoms with Gasteiger partial charge >= 0.3 is 5.97 Å². The van der Waals surface area contributed by atoms with Crippen LogP contribution in [0.3, 0.4) is 0 Å². The number of aryl methyl sites for hydroxylation is 1. The SMILES string of the molecule is Cc1ccccc1OCC(=O)Oc1ccc(Br)cc1Cl. The van der Waals surface area contributed by atoms with Gasteiger partial charge in [0.15, 0.2) is 6.61 Å². The Morgan fingerprint density at radius 3 is 2.65 bits per heavy atom. The van der Waals surface area contributed by atoms with Gasteiger partial charge in [-0.1, -0.05) is 45.7 Å². The summed E-state index contributed by atoms with van der Waals surface area (Å²) in [6.45, 7) is 1.74. The molecule has 2 aromatic rings. The van der Waals surface area contributed by atoms with Crippen molar-refractivity contribution in [3.8, 4) is 11.5 Å². The Morgan fingerprint density at radius 1 is 1.20 bits per heavy atom. The Bertz CT molecular complexity index is 628. The van der Waals surface area contributed by atoms with Crippen molar-refractivity contribution in [3.63, 3.8) is 0 Å². The van der Waals surface area contributed by atoms with Crippen LogP contribution in [0.5, 0.6) is 11.5 Å². The number of hydrogen-bond donors (Lipinski definition) is 0. The van der Waals surface area contributed by atoms with E-state index < -0.39 is 5.97 Å². The molecule has 0 spiro atoms. The molecule has 0 radical (unpaired) electrons. The number of esters is 1. The van der Waals surface area contributed by atoms with Crippen LogP contribution in [0.4, 0.5) is 0 Å². The van der Waals surface area contributed by atoms with E-state index in [1.165, 1.54) is 0 Å². The molecule has 0 aliphatic heterocycles. The Labute approximate surface area is 130 Å². The van der Waals surface area contributed by atoms with Crippen LogP contribution >= 0.6 is 27.5 Å². The van der Waals surface area contributed by atoms with Gasteiger partial charge < -0.3 is 9.47 Å². The van der Waals surface area contributed by atoms with Gasteiger partial charge in [-0.2, -0.15) is 0 Å². The van der Waals surface area contributed by atoms with E-state index in [4.69, 9.17) is 21.1 Å². The molecular weight excluding hydrogens is 344 g/mol. The van der Waals surface area contributed by atoms with Gasteiger partial charge in [-0.3, -0.25) is 0 Å². The number of halogens is 2. The van der Waals surface area contributed by atoms with Crippen molar-refractivity contribution in [1.29, 1.82) is 0 Å². The molecule has 104 valence electrons. The van der Waals surface area contributed by atoms with Crippen molar-refractivity contribution in [2.75, 3.05) is 6.61 Å². The average Bonchev–Trinajstić information content (AvgIpc) is 2.41. The summed E-state index contributed by atoms with van der Waals surface area (Å²) in [5.41, 5.74) is 0.960. The molecule has 2 rings (SSSR count). The summed E-state index contributed by atoms with van der Waals surface area (Å²) in [6, 6.07) is 12.5. The number of rotatable bonds is 4. The predicted molar refractivity (Wildman–Crippen MR) is 81.5 cm³/mol. The Kier molecular flexibility index (Phi) is 5.04. The number of benzene rings is 2. The lowest BCUT2D eigenvalue weighted by molar-refractivity contribution is -0.136. The molecule has 0 aliphatic carbocycles. The van der Waals surface area contributed by atoms with Crippen molar-refractivity contribution < 1.29 is 14.3 Å². The predicted octanol–water partition coefficient (Wildman–Crippen LogP) is 4.40. The number of carbonyl (C=O) groups excluding carboxylic acids is 1. The highest BCUT2D eigenvalue weighted by atomic mass is 79.9. The van der Waals surface area contributed by atoms with Crippen molar-refractivity contribution in [2.45, 2.75) is 6.92 Å². The molecule has 0 N–H and O–H groups in total. The van der Waals surface area contributed by atoms with Crippen LogP contribution < -0.4 is 9.47 Å². The number of ether oxygens (including phenoxy) is 2. The lowest BCUT2D eigenvalue weighted by atomic mass is 10.2. The second-order valence-corrected chi connectivity index (χ2v) is 5.43. The van der Waals surface area contributed by atoms with Gasteiger partial charge in [0.2, 0.25) is 0 Å². The fourth-order valence-corrected chi connectivity index (χ4v) is 2.28. The topological polar surface area (TPSA) is 35.5 Å². The van der Waals surface area contributed by atoms with Gasteiger partial charge in [-0.15, -0.1) is 0 Å². The van der Waals surface area contributed by atoms with Gasteiger partial charge in [0.25, 0.3) is 0 Å². The van der Waals surface area contributed by atoms with Gasteiger partial charge in [-0.05, 0) is 36.8 Å². The zero-order valence-electron chi connectivity index (χ0n) is 10.7. The first-order valence-electron chi connectivity index (χ1n) is 5.90. The molecule has 0 saturated heterocycles. The number of para-hydroxylation sites is 1. The van der Waals surface area contributed by atoms with E-state index in [1.54, 1.807) is 24.3 Å². The molecule has 0 saturated carbocycles. The van der Waals surface area contributed by atoms with E-state index in [-0.39, 0.29) is 6.61 Å².